The molecule has 1 amide bonds. The minimum atomic E-state index is -3.80. The molecule has 2 aromatic rings. The fourth-order valence-corrected chi connectivity index (χ4v) is 6.50. The molecule has 0 atom stereocenters. The summed E-state index contributed by atoms with van der Waals surface area (Å²) >= 11 is 0. The maximum Gasteiger partial charge on any atom is 0.243 e. The van der Waals surface area contributed by atoms with Gasteiger partial charge in [0.1, 0.15) is 17.6 Å². The second-order valence-electron chi connectivity index (χ2n) is 10.4. The number of carbonyl (C=O) groups is 1. The van der Waals surface area contributed by atoms with E-state index in [1.807, 2.05) is 0 Å². The van der Waals surface area contributed by atoms with Gasteiger partial charge in [0.15, 0.2) is 0 Å². The molecule has 1 aromatic carbocycles. The first-order valence-corrected chi connectivity index (χ1v) is 14.6. The third kappa shape index (κ3) is 7.68. The van der Waals surface area contributed by atoms with Gasteiger partial charge < -0.3 is 19.9 Å². The Hall–Kier alpha value is -3.20. The lowest BCUT2D eigenvalue weighted by molar-refractivity contribution is -0.116. The van der Waals surface area contributed by atoms with Crippen LogP contribution in [-0.2, 0) is 14.8 Å². The van der Waals surface area contributed by atoms with Gasteiger partial charge in [-0.1, -0.05) is 0 Å². The lowest BCUT2D eigenvalue weighted by Crippen LogP contribution is -2.35. The molecular formula is C28H40N6O4S. The number of aromatic nitrogens is 1. The van der Waals surface area contributed by atoms with Gasteiger partial charge in [-0.25, -0.2) is 17.7 Å². The first-order valence-electron chi connectivity index (χ1n) is 13.2. The van der Waals surface area contributed by atoms with E-state index in [0.29, 0.717) is 39.9 Å². The Balaban J connectivity index is 1.59. The van der Waals surface area contributed by atoms with Crippen molar-refractivity contribution in [3.8, 4) is 11.8 Å². The normalized spacial score (nSPS) is 14.5. The van der Waals surface area contributed by atoms with Crippen LogP contribution in [-0.4, -0.2) is 82.9 Å². The highest BCUT2D eigenvalue weighted by molar-refractivity contribution is 7.89. The highest BCUT2D eigenvalue weighted by atomic mass is 32.2. The molecule has 0 saturated carbocycles. The fourth-order valence-electron chi connectivity index (χ4n) is 4.93. The largest absolute Gasteiger partial charge is 0.497 e. The smallest absolute Gasteiger partial charge is 0.243 e. The summed E-state index contributed by atoms with van der Waals surface area (Å²) in [5, 5.41) is 12.5. The van der Waals surface area contributed by atoms with E-state index < -0.39 is 10.0 Å². The Morgan fingerprint density at radius 1 is 1.15 bits per heavy atom. The van der Waals surface area contributed by atoms with Crippen molar-refractivity contribution in [2.45, 2.75) is 44.4 Å². The molecule has 1 saturated heterocycles. The van der Waals surface area contributed by atoms with Crippen LogP contribution in [0, 0.1) is 31.1 Å². The fraction of sp³-hybridized carbons (Fsp3) is 0.536. The molecule has 10 nitrogen and oxygen atoms in total. The number of methoxy groups -OCH3 is 1. The highest BCUT2D eigenvalue weighted by Crippen LogP contribution is 2.29. The Morgan fingerprint density at radius 3 is 2.36 bits per heavy atom. The number of nitrogens with one attached hydrogen (secondary N) is 1. The van der Waals surface area contributed by atoms with Crippen LogP contribution in [0.2, 0.25) is 0 Å². The monoisotopic (exact) mass is 556 g/mol. The summed E-state index contributed by atoms with van der Waals surface area (Å²) in [4.78, 5) is 21.7. The Labute approximate surface area is 232 Å². The van der Waals surface area contributed by atoms with Crippen LogP contribution >= 0.6 is 0 Å². The SMILES string of the molecule is COc1cc(C)c(S(=O)(=O)N(C)CCC(=O)Nc2cnc(N3CCC(CCN(C)C)CC3)c(C#N)c2)c(C)c1. The number of hydrogen-bond acceptors (Lipinski definition) is 8. The van der Waals surface area contributed by atoms with E-state index in [9.17, 15) is 18.5 Å². The average Bonchev–Trinajstić information content (AvgIpc) is 2.90. The number of benzene rings is 1. The number of sulfonamides is 1. The summed E-state index contributed by atoms with van der Waals surface area (Å²) in [5.74, 6) is 1.54. The first kappa shape index (κ1) is 30.3. The third-order valence-corrected chi connectivity index (χ3v) is 9.32. The van der Waals surface area contributed by atoms with Crippen LogP contribution in [0.4, 0.5) is 11.5 Å². The molecule has 0 spiro atoms. The standard InChI is InChI=1S/C28H40N6O4S/c1-20-15-25(38-6)16-21(2)27(20)39(36,37)33(5)12-10-26(35)31-24-17-23(18-29)28(30-19-24)34-13-8-22(9-14-34)7-11-32(3)4/h15-17,19,22H,7-14H2,1-6H3,(H,31,35). The Kier molecular flexibility index (Phi) is 10.3. The summed E-state index contributed by atoms with van der Waals surface area (Å²) < 4.78 is 32.8. The molecule has 39 heavy (non-hydrogen) atoms. The number of hydrogen-bond donors (Lipinski definition) is 1. The minimum Gasteiger partial charge on any atom is -0.497 e. The molecular weight excluding hydrogens is 516 g/mol. The Bertz CT molecular complexity index is 1290. The van der Waals surface area contributed by atoms with Gasteiger partial charge in [0.2, 0.25) is 15.9 Å². The molecule has 0 aliphatic carbocycles. The molecule has 1 aromatic heterocycles. The Morgan fingerprint density at radius 2 is 1.79 bits per heavy atom. The van der Waals surface area contributed by atoms with Gasteiger partial charge in [-0.15, -0.1) is 0 Å². The molecule has 2 heterocycles. The third-order valence-electron chi connectivity index (χ3n) is 7.16. The van der Waals surface area contributed by atoms with Crippen molar-refractivity contribution in [2.24, 2.45) is 5.92 Å². The molecule has 0 unspecified atom stereocenters. The van der Waals surface area contributed by atoms with Gasteiger partial charge in [-0.3, -0.25) is 4.79 Å². The molecule has 0 bridgehead atoms. The topological polar surface area (TPSA) is 119 Å². The molecule has 0 radical (unpaired) electrons. The molecule has 3 rings (SSSR count). The van der Waals surface area contributed by atoms with Gasteiger partial charge in [0.25, 0.3) is 0 Å². The molecule has 1 N–H and O–H groups in total. The number of piperidine rings is 1. The van der Waals surface area contributed by atoms with Crippen LogP contribution in [0.3, 0.4) is 0 Å². The van der Waals surface area contributed by atoms with E-state index in [-0.39, 0.29) is 23.8 Å². The second-order valence-corrected chi connectivity index (χ2v) is 12.4. The second kappa shape index (κ2) is 13.2. The highest BCUT2D eigenvalue weighted by Gasteiger charge is 2.26. The number of pyridine rings is 1. The van der Waals surface area contributed by atoms with Crippen molar-refractivity contribution in [3.05, 3.63) is 41.1 Å². The van der Waals surface area contributed by atoms with Crippen LogP contribution < -0.4 is 15.0 Å². The molecule has 1 fully saturated rings. The van der Waals surface area contributed by atoms with Gasteiger partial charge >= 0.3 is 0 Å². The number of anilines is 2. The van der Waals surface area contributed by atoms with Gasteiger partial charge in [-0.05, 0) is 89.0 Å². The van der Waals surface area contributed by atoms with Crippen LogP contribution in [0.1, 0.15) is 42.4 Å². The zero-order valence-corrected chi connectivity index (χ0v) is 24.6. The number of rotatable bonds is 11. The minimum absolute atomic E-state index is 0.00153. The summed E-state index contributed by atoms with van der Waals surface area (Å²) in [7, 11) is 3.36. The molecule has 1 aliphatic rings. The van der Waals surface area contributed by atoms with Crippen LogP contribution in [0.5, 0.6) is 5.75 Å². The number of carbonyl (C=O) groups excluding carboxylic acids is 1. The number of aryl methyl sites for hydroxylation is 2. The van der Waals surface area contributed by atoms with E-state index in [0.717, 1.165) is 32.5 Å². The first-order chi connectivity index (χ1) is 18.5. The number of nitrogens with zero attached hydrogens (tertiary/aromatic N) is 5. The van der Waals surface area contributed by atoms with E-state index >= 15 is 0 Å². The maximum absolute atomic E-state index is 13.2. The van der Waals surface area contributed by atoms with Crippen LogP contribution in [0.15, 0.2) is 29.3 Å². The lowest BCUT2D eigenvalue weighted by atomic mass is 9.93. The predicted octanol–water partition coefficient (Wildman–Crippen LogP) is 3.40. The van der Waals surface area contributed by atoms with Crippen LogP contribution in [0.25, 0.3) is 0 Å². The molecule has 11 heteroatoms. The van der Waals surface area contributed by atoms with Crippen molar-refractivity contribution in [1.82, 2.24) is 14.2 Å². The predicted molar refractivity (Wildman–Crippen MR) is 153 cm³/mol. The summed E-state index contributed by atoms with van der Waals surface area (Å²) in [6.45, 7) is 6.21. The van der Waals surface area contributed by atoms with Crippen molar-refractivity contribution in [2.75, 3.05) is 64.6 Å². The van der Waals surface area contributed by atoms with Gasteiger partial charge in [-0.2, -0.15) is 5.26 Å². The van der Waals surface area contributed by atoms with E-state index in [4.69, 9.17) is 4.74 Å². The van der Waals surface area contributed by atoms with Crippen molar-refractivity contribution >= 4 is 27.4 Å². The number of ether oxygens (including phenoxy) is 1. The average molecular weight is 557 g/mol. The molecule has 1 aliphatic heterocycles. The van der Waals surface area contributed by atoms with E-state index in [2.05, 4.69) is 40.3 Å². The van der Waals surface area contributed by atoms with Gasteiger partial charge in [0, 0.05) is 33.1 Å². The summed E-state index contributed by atoms with van der Waals surface area (Å²) in [6, 6.07) is 7.19. The number of nitriles is 1. The zero-order valence-electron chi connectivity index (χ0n) is 23.8. The van der Waals surface area contributed by atoms with Crippen molar-refractivity contribution in [1.29, 1.82) is 5.26 Å². The van der Waals surface area contributed by atoms with E-state index in [1.165, 1.54) is 24.9 Å². The maximum atomic E-state index is 13.2. The summed E-state index contributed by atoms with van der Waals surface area (Å²) in [5.41, 5.74) is 1.98. The van der Waals surface area contributed by atoms with Gasteiger partial charge in [0.05, 0.1) is 29.5 Å². The quantitative estimate of drug-likeness (QED) is 0.447. The molecule has 212 valence electrons. The van der Waals surface area contributed by atoms with Crippen molar-refractivity contribution < 1.29 is 17.9 Å². The lowest BCUT2D eigenvalue weighted by Gasteiger charge is -2.33. The van der Waals surface area contributed by atoms with Crippen molar-refractivity contribution in [3.63, 3.8) is 0 Å². The van der Waals surface area contributed by atoms with E-state index in [1.54, 1.807) is 38.2 Å². The number of amides is 1. The summed E-state index contributed by atoms with van der Waals surface area (Å²) in [6.07, 6.45) is 4.79. The zero-order chi connectivity index (χ0) is 28.7.